The number of amides is 2. The first-order valence-electron chi connectivity index (χ1n) is 10.5. The Morgan fingerprint density at radius 3 is 2.12 bits per heavy atom. The predicted molar refractivity (Wildman–Crippen MR) is 121 cm³/mol. The minimum Gasteiger partial charge on any atom is -0.345 e. The van der Waals surface area contributed by atoms with Crippen molar-refractivity contribution in [2.45, 2.75) is 26.3 Å². The molecule has 0 N–H and O–H groups in total. The van der Waals surface area contributed by atoms with Crippen LogP contribution in [0.4, 0.5) is 14.5 Å². The summed E-state index contributed by atoms with van der Waals surface area (Å²) in [4.78, 5) is 28.7. The number of hydrogen-bond donors (Lipinski definition) is 0. The largest absolute Gasteiger partial charge is 0.345 e. The third-order valence-electron chi connectivity index (χ3n) is 5.13. The maximum absolute atomic E-state index is 13.7. The van der Waals surface area contributed by atoms with E-state index in [1.54, 1.807) is 54.4 Å². The number of halogens is 2. The van der Waals surface area contributed by atoms with Gasteiger partial charge in [-0.3, -0.25) is 9.59 Å². The Bertz CT molecular complexity index is 1080. The normalized spacial score (nSPS) is 10.6. The number of benzene rings is 3. The molecule has 0 heterocycles. The highest BCUT2D eigenvalue weighted by Gasteiger charge is 2.19. The number of carbonyl (C=O) groups is 2. The molecular weight excluding hydrogens is 410 g/mol. The van der Waals surface area contributed by atoms with Gasteiger partial charge in [0.15, 0.2) is 0 Å². The highest BCUT2D eigenvalue weighted by Crippen LogP contribution is 2.22. The Labute approximate surface area is 187 Å². The van der Waals surface area contributed by atoms with Gasteiger partial charge in [0.25, 0.3) is 5.91 Å². The van der Waals surface area contributed by atoms with Crippen LogP contribution in [-0.4, -0.2) is 30.3 Å². The zero-order valence-corrected chi connectivity index (χ0v) is 18.2. The minimum atomic E-state index is -0.508. The summed E-state index contributed by atoms with van der Waals surface area (Å²) in [6.45, 7) is 2.83. The molecule has 0 fully saturated rings. The minimum absolute atomic E-state index is 0.0204. The number of hydrogen-bond acceptors (Lipinski definition) is 2. The van der Waals surface area contributed by atoms with E-state index in [-0.39, 0.29) is 24.4 Å². The van der Waals surface area contributed by atoms with Crippen molar-refractivity contribution in [3.63, 3.8) is 0 Å². The van der Waals surface area contributed by atoms with Crippen molar-refractivity contribution in [2.75, 3.05) is 18.5 Å². The predicted octanol–water partition coefficient (Wildman–Crippen LogP) is 5.22. The van der Waals surface area contributed by atoms with Crippen molar-refractivity contribution < 1.29 is 18.4 Å². The Balaban J connectivity index is 1.87. The lowest BCUT2D eigenvalue weighted by atomic mass is 10.1. The number of nitrogens with zero attached hydrogens (tertiary/aromatic N) is 2. The van der Waals surface area contributed by atoms with Gasteiger partial charge in [-0.15, -0.1) is 0 Å². The van der Waals surface area contributed by atoms with Crippen molar-refractivity contribution in [2.24, 2.45) is 0 Å². The Kier molecular flexibility index (Phi) is 7.71. The first-order chi connectivity index (χ1) is 15.4. The van der Waals surface area contributed by atoms with Crippen molar-refractivity contribution in [1.29, 1.82) is 0 Å². The van der Waals surface area contributed by atoms with Crippen molar-refractivity contribution in [3.05, 3.63) is 101 Å². The van der Waals surface area contributed by atoms with Crippen molar-refractivity contribution in [3.8, 4) is 0 Å². The van der Waals surface area contributed by atoms with Crippen molar-refractivity contribution >= 4 is 17.5 Å². The number of carbonyl (C=O) groups excluding carboxylic acids is 2. The SMILES string of the molecule is CCCN(C)C(=O)Cc1ccc(N(Cc2cccc(F)c2)C(=O)c2cccc(F)c2)cc1. The van der Waals surface area contributed by atoms with Gasteiger partial charge in [-0.25, -0.2) is 8.78 Å². The van der Waals surface area contributed by atoms with E-state index >= 15 is 0 Å². The maximum Gasteiger partial charge on any atom is 0.258 e. The van der Waals surface area contributed by atoms with Gasteiger partial charge in [0.2, 0.25) is 5.91 Å². The van der Waals surface area contributed by atoms with Crippen LogP contribution in [0.2, 0.25) is 0 Å². The summed E-state index contributed by atoms with van der Waals surface area (Å²) in [5.74, 6) is -1.29. The van der Waals surface area contributed by atoms with Gasteiger partial charge in [0.05, 0.1) is 13.0 Å². The molecule has 3 aromatic carbocycles. The lowest BCUT2D eigenvalue weighted by molar-refractivity contribution is -0.129. The fourth-order valence-corrected chi connectivity index (χ4v) is 3.44. The topological polar surface area (TPSA) is 40.6 Å². The molecule has 3 aromatic rings. The van der Waals surface area contributed by atoms with Gasteiger partial charge in [-0.2, -0.15) is 0 Å². The van der Waals surface area contributed by atoms with E-state index in [1.807, 2.05) is 6.92 Å². The first-order valence-corrected chi connectivity index (χ1v) is 10.5. The maximum atomic E-state index is 13.7. The number of likely N-dealkylation sites (N-methyl/N-ethyl adjacent to an activating group) is 1. The average Bonchev–Trinajstić information content (AvgIpc) is 2.78. The molecule has 32 heavy (non-hydrogen) atoms. The fourth-order valence-electron chi connectivity index (χ4n) is 3.44. The average molecular weight is 437 g/mol. The van der Waals surface area contributed by atoms with Crippen LogP contribution in [-0.2, 0) is 17.8 Å². The Morgan fingerprint density at radius 1 is 0.844 bits per heavy atom. The second-order valence-electron chi connectivity index (χ2n) is 7.69. The number of anilines is 1. The summed E-state index contributed by atoms with van der Waals surface area (Å²) in [7, 11) is 1.78. The summed E-state index contributed by atoms with van der Waals surface area (Å²) in [5, 5.41) is 0. The van der Waals surface area contributed by atoms with Crippen LogP contribution >= 0.6 is 0 Å². The zero-order valence-electron chi connectivity index (χ0n) is 18.2. The molecule has 0 aromatic heterocycles. The van der Waals surface area contributed by atoms with Gasteiger partial charge in [-0.1, -0.05) is 37.3 Å². The van der Waals surface area contributed by atoms with E-state index in [9.17, 15) is 18.4 Å². The van der Waals surface area contributed by atoms with E-state index in [4.69, 9.17) is 0 Å². The molecule has 3 rings (SSSR count). The highest BCUT2D eigenvalue weighted by molar-refractivity contribution is 6.06. The van der Waals surface area contributed by atoms with Gasteiger partial charge >= 0.3 is 0 Å². The molecule has 0 saturated heterocycles. The zero-order chi connectivity index (χ0) is 23.1. The second-order valence-corrected chi connectivity index (χ2v) is 7.69. The van der Waals surface area contributed by atoms with Crippen LogP contribution in [0, 0.1) is 11.6 Å². The summed E-state index contributed by atoms with van der Waals surface area (Å²) in [6.07, 6.45) is 1.15. The van der Waals surface area contributed by atoms with Crippen LogP contribution in [0.25, 0.3) is 0 Å². The third kappa shape index (κ3) is 6.00. The van der Waals surface area contributed by atoms with Crippen molar-refractivity contribution in [1.82, 2.24) is 4.90 Å². The lowest BCUT2D eigenvalue weighted by Gasteiger charge is -2.24. The Morgan fingerprint density at radius 2 is 1.50 bits per heavy atom. The van der Waals surface area contributed by atoms with Crippen LogP contribution in [0.3, 0.4) is 0 Å². The molecule has 0 saturated carbocycles. The highest BCUT2D eigenvalue weighted by atomic mass is 19.1. The molecule has 166 valence electrons. The van der Waals surface area contributed by atoms with E-state index in [1.165, 1.54) is 35.2 Å². The molecule has 0 aliphatic carbocycles. The second kappa shape index (κ2) is 10.7. The van der Waals surface area contributed by atoms with Crippen LogP contribution in [0.5, 0.6) is 0 Å². The quantitative estimate of drug-likeness (QED) is 0.486. The summed E-state index contributed by atoms with van der Waals surface area (Å²) >= 11 is 0. The summed E-state index contributed by atoms with van der Waals surface area (Å²) in [5.41, 5.74) is 2.20. The van der Waals surface area contributed by atoms with Crippen LogP contribution in [0.15, 0.2) is 72.8 Å². The molecule has 0 radical (unpaired) electrons. The van der Waals surface area contributed by atoms with Crippen LogP contribution < -0.4 is 4.90 Å². The number of rotatable bonds is 8. The molecule has 0 atom stereocenters. The molecule has 0 spiro atoms. The third-order valence-corrected chi connectivity index (χ3v) is 5.13. The molecular formula is C26H26F2N2O2. The van der Waals surface area contributed by atoms with Gasteiger partial charge in [0, 0.05) is 24.8 Å². The molecule has 2 amide bonds. The monoisotopic (exact) mass is 436 g/mol. The van der Waals surface area contributed by atoms with E-state index in [0.717, 1.165) is 12.0 Å². The lowest BCUT2D eigenvalue weighted by Crippen LogP contribution is -2.30. The van der Waals surface area contributed by atoms with Gasteiger partial charge in [0.1, 0.15) is 11.6 Å². The molecule has 0 aliphatic rings. The summed E-state index contributed by atoms with van der Waals surface area (Å²) < 4.78 is 27.4. The standard InChI is InChI=1S/C26H26F2N2O2/c1-3-14-29(2)25(31)16-19-10-12-24(13-11-19)30(18-20-6-4-8-22(27)15-20)26(32)21-7-5-9-23(28)17-21/h4-13,15,17H,3,14,16,18H2,1-2H3. The van der Waals surface area contributed by atoms with Gasteiger partial charge < -0.3 is 9.80 Å². The molecule has 0 aliphatic heterocycles. The molecule has 0 unspecified atom stereocenters. The van der Waals surface area contributed by atoms with Crippen LogP contribution in [0.1, 0.15) is 34.8 Å². The molecule has 4 nitrogen and oxygen atoms in total. The van der Waals surface area contributed by atoms with E-state index in [2.05, 4.69) is 0 Å². The smallest absolute Gasteiger partial charge is 0.258 e. The fraction of sp³-hybridized carbons (Fsp3) is 0.231. The van der Waals surface area contributed by atoms with Gasteiger partial charge in [-0.05, 0) is 60.0 Å². The Hall–Kier alpha value is -3.54. The molecule has 6 heteroatoms. The van der Waals surface area contributed by atoms with E-state index < -0.39 is 17.5 Å². The first kappa shape index (κ1) is 23.1. The van der Waals surface area contributed by atoms with E-state index in [0.29, 0.717) is 17.8 Å². The summed E-state index contributed by atoms with van der Waals surface area (Å²) in [6, 6.07) is 18.6. The molecule has 0 bridgehead atoms.